The van der Waals surface area contributed by atoms with Gasteiger partial charge in [0.05, 0.1) is 0 Å². The van der Waals surface area contributed by atoms with Crippen LogP contribution in [0.5, 0.6) is 5.75 Å². The highest BCUT2D eigenvalue weighted by Gasteiger charge is 2.31. The first-order valence-electron chi connectivity index (χ1n) is 8.96. The maximum absolute atomic E-state index is 12.8. The van der Waals surface area contributed by atoms with Crippen LogP contribution in [0.2, 0.25) is 0 Å². The van der Waals surface area contributed by atoms with Crippen LogP contribution in [0.25, 0.3) is 0 Å². The van der Waals surface area contributed by atoms with Gasteiger partial charge in [0.1, 0.15) is 11.8 Å². The molecule has 1 aliphatic rings. The first-order chi connectivity index (χ1) is 12.4. The molecule has 0 heterocycles. The van der Waals surface area contributed by atoms with Gasteiger partial charge in [0.2, 0.25) is 0 Å². The number of hydrogen-bond donors (Lipinski definition) is 0. The third-order valence-electron chi connectivity index (χ3n) is 4.97. The average Bonchev–Trinajstić information content (AvgIpc) is 2.61. The highest BCUT2D eigenvalue weighted by atomic mass is 19.4. The minimum Gasteiger partial charge on any atom is -0.406 e. The Morgan fingerprint density at radius 3 is 2.19 bits per heavy atom. The van der Waals surface area contributed by atoms with E-state index in [1.807, 2.05) is 0 Å². The second kappa shape index (κ2) is 9.61. The summed E-state index contributed by atoms with van der Waals surface area (Å²) in [5.41, 5.74) is 1.01. The van der Waals surface area contributed by atoms with Crippen molar-refractivity contribution < 1.29 is 22.3 Å². The fourth-order valence-corrected chi connectivity index (χ4v) is 3.53. The van der Waals surface area contributed by atoms with E-state index in [-0.39, 0.29) is 5.75 Å². The van der Waals surface area contributed by atoms with E-state index in [4.69, 9.17) is 5.26 Å². The first-order valence-corrected chi connectivity index (χ1v) is 8.96. The van der Waals surface area contributed by atoms with Crippen LogP contribution in [0.3, 0.4) is 0 Å². The number of aryl methyl sites for hydroxylation is 1. The number of allylic oxidation sites excluding steroid dienone is 2. The Labute approximate surface area is 151 Å². The van der Waals surface area contributed by atoms with Crippen molar-refractivity contribution in [3.05, 3.63) is 41.7 Å². The summed E-state index contributed by atoms with van der Waals surface area (Å²) in [5.74, 6) is 0.325. The van der Waals surface area contributed by atoms with Crippen LogP contribution >= 0.6 is 0 Å². The van der Waals surface area contributed by atoms with Crippen LogP contribution in [0.4, 0.5) is 17.6 Å². The molecular formula is C20H23F4NO. The molecule has 0 N–H and O–H groups in total. The van der Waals surface area contributed by atoms with Crippen LogP contribution in [0, 0.1) is 23.2 Å². The molecule has 0 amide bonds. The van der Waals surface area contributed by atoms with Crippen LogP contribution in [-0.2, 0) is 6.42 Å². The van der Waals surface area contributed by atoms with Crippen molar-refractivity contribution in [2.24, 2.45) is 11.8 Å². The van der Waals surface area contributed by atoms with Gasteiger partial charge in [-0.15, -0.1) is 13.2 Å². The second-order valence-corrected chi connectivity index (χ2v) is 6.86. The summed E-state index contributed by atoms with van der Waals surface area (Å²) in [5, 5.41) is 8.37. The summed E-state index contributed by atoms with van der Waals surface area (Å²) in [6.07, 6.45) is 4.59. The lowest BCUT2D eigenvalue weighted by Gasteiger charge is -2.28. The Balaban J connectivity index is 1.68. The number of rotatable bonds is 7. The van der Waals surface area contributed by atoms with Crippen LogP contribution in [0.1, 0.15) is 50.5 Å². The summed E-state index contributed by atoms with van der Waals surface area (Å²) < 4.78 is 53.0. The van der Waals surface area contributed by atoms with Crippen molar-refractivity contribution in [2.75, 3.05) is 0 Å². The van der Waals surface area contributed by atoms with E-state index < -0.39 is 12.2 Å². The van der Waals surface area contributed by atoms with Gasteiger partial charge in [-0.05, 0) is 61.3 Å². The molecule has 142 valence electrons. The Kier molecular flexibility index (Phi) is 7.50. The molecule has 0 radical (unpaired) electrons. The molecular weight excluding hydrogens is 346 g/mol. The maximum atomic E-state index is 12.8. The molecule has 1 aromatic rings. The van der Waals surface area contributed by atoms with Crippen LogP contribution in [0.15, 0.2) is 36.2 Å². The summed E-state index contributed by atoms with van der Waals surface area (Å²) in [6, 6.07) is 7.56. The molecule has 0 aromatic heterocycles. The van der Waals surface area contributed by atoms with Crippen molar-refractivity contribution in [3.63, 3.8) is 0 Å². The van der Waals surface area contributed by atoms with Gasteiger partial charge in [0.25, 0.3) is 0 Å². The third-order valence-corrected chi connectivity index (χ3v) is 4.97. The smallest absolute Gasteiger partial charge is 0.406 e. The topological polar surface area (TPSA) is 33.0 Å². The summed E-state index contributed by atoms with van der Waals surface area (Å²) in [4.78, 5) is 0. The van der Waals surface area contributed by atoms with Gasteiger partial charge in [0, 0.05) is 0 Å². The van der Waals surface area contributed by atoms with E-state index in [0.717, 1.165) is 50.5 Å². The van der Waals surface area contributed by atoms with Crippen LogP contribution in [-0.4, -0.2) is 6.36 Å². The van der Waals surface area contributed by atoms with Gasteiger partial charge >= 0.3 is 6.36 Å². The molecule has 1 saturated carbocycles. The highest BCUT2D eigenvalue weighted by molar-refractivity contribution is 5.27. The molecule has 1 fully saturated rings. The Morgan fingerprint density at radius 2 is 1.65 bits per heavy atom. The average molecular weight is 369 g/mol. The quantitative estimate of drug-likeness (QED) is 0.407. The summed E-state index contributed by atoms with van der Waals surface area (Å²) in [7, 11) is 0. The standard InChI is InChI=1S/C20H23F4NO/c21-18(14-25)3-1-2-15-4-6-16(7-5-15)8-9-17-10-12-19(13-11-17)26-20(22,23)24/h3,10-13,15-16H,1-2,4-9H2. The lowest BCUT2D eigenvalue weighted by molar-refractivity contribution is -0.274. The minimum absolute atomic E-state index is 0.191. The van der Waals surface area contributed by atoms with Crippen molar-refractivity contribution >= 4 is 0 Å². The first kappa shape index (κ1) is 20.3. The molecule has 0 aliphatic heterocycles. The maximum Gasteiger partial charge on any atom is 0.573 e. The van der Waals surface area contributed by atoms with Crippen molar-refractivity contribution in [3.8, 4) is 11.8 Å². The van der Waals surface area contributed by atoms with Gasteiger partial charge in [-0.3, -0.25) is 0 Å². The van der Waals surface area contributed by atoms with Gasteiger partial charge < -0.3 is 4.74 Å². The predicted octanol–water partition coefficient (Wildman–Crippen LogP) is 6.48. The van der Waals surface area contributed by atoms with E-state index in [0.29, 0.717) is 18.3 Å². The van der Waals surface area contributed by atoms with Crippen molar-refractivity contribution in [2.45, 2.75) is 57.7 Å². The molecule has 0 spiro atoms. The van der Waals surface area contributed by atoms with Gasteiger partial charge in [0.15, 0.2) is 5.83 Å². The molecule has 26 heavy (non-hydrogen) atoms. The number of nitrogens with zero attached hydrogens (tertiary/aromatic N) is 1. The molecule has 2 rings (SSSR count). The number of ether oxygens (including phenoxy) is 1. The summed E-state index contributed by atoms with van der Waals surface area (Å²) >= 11 is 0. The van der Waals surface area contributed by atoms with Crippen LogP contribution < -0.4 is 4.74 Å². The van der Waals surface area contributed by atoms with E-state index in [2.05, 4.69) is 4.74 Å². The molecule has 1 aromatic carbocycles. The third kappa shape index (κ3) is 7.47. The highest BCUT2D eigenvalue weighted by Crippen LogP contribution is 2.34. The number of nitriles is 1. The molecule has 0 bridgehead atoms. The van der Waals surface area contributed by atoms with Crippen molar-refractivity contribution in [1.82, 2.24) is 0 Å². The number of halogens is 4. The Bertz CT molecular complexity index is 623. The fourth-order valence-electron chi connectivity index (χ4n) is 3.53. The number of alkyl halides is 3. The minimum atomic E-state index is -4.66. The van der Waals surface area contributed by atoms with Gasteiger partial charge in [-0.2, -0.15) is 9.65 Å². The largest absolute Gasteiger partial charge is 0.573 e. The zero-order valence-electron chi connectivity index (χ0n) is 14.6. The zero-order chi connectivity index (χ0) is 19.0. The number of benzene rings is 1. The molecule has 0 unspecified atom stereocenters. The monoisotopic (exact) mass is 369 g/mol. The lowest BCUT2D eigenvalue weighted by atomic mass is 9.78. The molecule has 1 aliphatic carbocycles. The predicted molar refractivity (Wildman–Crippen MR) is 90.9 cm³/mol. The SMILES string of the molecule is N#CC(F)=CCCC1CCC(CCc2ccc(OC(F)(F)F)cc2)CC1. The zero-order valence-corrected chi connectivity index (χ0v) is 14.6. The Morgan fingerprint density at radius 1 is 1.08 bits per heavy atom. The van der Waals surface area contributed by atoms with E-state index in [1.54, 1.807) is 12.1 Å². The molecule has 0 atom stereocenters. The van der Waals surface area contributed by atoms with E-state index >= 15 is 0 Å². The molecule has 2 nitrogen and oxygen atoms in total. The second-order valence-electron chi connectivity index (χ2n) is 6.86. The summed E-state index contributed by atoms with van der Waals surface area (Å²) in [6.45, 7) is 0. The molecule has 0 saturated heterocycles. The van der Waals surface area contributed by atoms with E-state index in [9.17, 15) is 17.6 Å². The van der Waals surface area contributed by atoms with E-state index in [1.165, 1.54) is 24.3 Å². The Hall–Kier alpha value is -2.03. The lowest BCUT2D eigenvalue weighted by Crippen LogP contribution is -2.17. The van der Waals surface area contributed by atoms with Crippen molar-refractivity contribution in [1.29, 1.82) is 5.26 Å². The molecule has 6 heteroatoms. The normalized spacial score (nSPS) is 21.3. The fraction of sp³-hybridized carbons (Fsp3) is 0.550. The number of hydrogen-bond acceptors (Lipinski definition) is 2. The van der Waals surface area contributed by atoms with Gasteiger partial charge in [-0.25, -0.2) is 0 Å². The van der Waals surface area contributed by atoms with Gasteiger partial charge in [-0.1, -0.05) is 37.8 Å².